The topological polar surface area (TPSA) is 114 Å². The molecule has 0 bridgehead atoms. The van der Waals surface area contributed by atoms with Gasteiger partial charge < -0.3 is 4.74 Å². The summed E-state index contributed by atoms with van der Waals surface area (Å²) in [7, 11) is -3.92. The molecule has 3 aromatic rings. The van der Waals surface area contributed by atoms with E-state index in [9.17, 15) is 18.0 Å². The molecule has 0 aliphatic carbocycles. The third-order valence-corrected chi connectivity index (χ3v) is 6.11. The van der Waals surface area contributed by atoms with E-state index in [4.69, 9.17) is 4.74 Å². The van der Waals surface area contributed by atoms with Gasteiger partial charge in [-0.05, 0) is 60.8 Å². The van der Waals surface area contributed by atoms with E-state index in [2.05, 4.69) is 15.6 Å². The average molecular weight is 446 g/mol. The van der Waals surface area contributed by atoms with Crippen LogP contribution in [0.25, 0.3) is 0 Å². The number of anilines is 1. The maximum Gasteiger partial charge on any atom is 0.279 e. The number of hydrogen-bond donors (Lipinski definition) is 3. The Morgan fingerprint density at radius 3 is 2.37 bits per heavy atom. The second kappa shape index (κ2) is 9.42. The molecule has 0 aliphatic heterocycles. The minimum absolute atomic E-state index is 0.0797. The molecule has 1 aromatic heterocycles. The molecule has 1 heterocycles. The zero-order chi connectivity index (χ0) is 21.6. The molecule has 3 rings (SSSR count). The molecule has 2 aromatic carbocycles. The summed E-state index contributed by atoms with van der Waals surface area (Å²) >= 11 is 1.23. The lowest BCUT2D eigenvalue weighted by molar-refractivity contribution is 0.0849. The molecular formula is C20H19N3O5S2. The smallest absolute Gasteiger partial charge is 0.279 e. The molecule has 0 saturated heterocycles. The second-order valence-electron chi connectivity index (χ2n) is 5.98. The molecule has 3 N–H and O–H groups in total. The molecule has 30 heavy (non-hydrogen) atoms. The summed E-state index contributed by atoms with van der Waals surface area (Å²) in [6, 6.07) is 15.3. The number of hydrazine groups is 1. The monoisotopic (exact) mass is 445 g/mol. The number of hydrogen-bond acceptors (Lipinski definition) is 6. The van der Waals surface area contributed by atoms with E-state index in [1.54, 1.807) is 41.8 Å². The van der Waals surface area contributed by atoms with Crippen molar-refractivity contribution in [2.45, 2.75) is 11.8 Å². The number of benzene rings is 2. The first-order valence-electron chi connectivity index (χ1n) is 8.89. The summed E-state index contributed by atoms with van der Waals surface area (Å²) in [5.74, 6) is -0.471. The molecule has 156 valence electrons. The van der Waals surface area contributed by atoms with Gasteiger partial charge in [-0.1, -0.05) is 12.1 Å². The Bertz CT molecular complexity index is 1130. The van der Waals surface area contributed by atoms with Gasteiger partial charge in [0.15, 0.2) is 0 Å². The lowest BCUT2D eigenvalue weighted by Gasteiger charge is -2.11. The van der Waals surface area contributed by atoms with Gasteiger partial charge in [0.25, 0.3) is 21.8 Å². The van der Waals surface area contributed by atoms with E-state index < -0.39 is 21.8 Å². The van der Waals surface area contributed by atoms with Crippen molar-refractivity contribution in [2.24, 2.45) is 0 Å². The summed E-state index contributed by atoms with van der Waals surface area (Å²) in [6.45, 7) is 2.36. The second-order valence-corrected chi connectivity index (χ2v) is 8.61. The number of sulfonamides is 1. The summed E-state index contributed by atoms with van der Waals surface area (Å²) in [6.07, 6.45) is 0. The Labute approximate surface area is 177 Å². The Morgan fingerprint density at radius 1 is 0.967 bits per heavy atom. The highest BCUT2D eigenvalue weighted by Gasteiger charge is 2.17. The number of rotatable bonds is 7. The summed E-state index contributed by atoms with van der Waals surface area (Å²) in [5, 5.41) is 1.74. The Balaban J connectivity index is 1.68. The van der Waals surface area contributed by atoms with Crippen molar-refractivity contribution >= 4 is 38.9 Å². The number of amides is 2. The number of carbonyl (C=O) groups is 2. The van der Waals surface area contributed by atoms with Crippen LogP contribution in [0.4, 0.5) is 5.69 Å². The Morgan fingerprint density at radius 2 is 1.70 bits per heavy atom. The summed E-state index contributed by atoms with van der Waals surface area (Å²) in [5.41, 5.74) is 5.00. The highest BCUT2D eigenvalue weighted by atomic mass is 32.2. The van der Waals surface area contributed by atoms with Crippen LogP contribution < -0.4 is 20.3 Å². The highest BCUT2D eigenvalue weighted by molar-refractivity contribution is 7.92. The van der Waals surface area contributed by atoms with E-state index in [1.165, 1.54) is 35.6 Å². The predicted octanol–water partition coefficient (Wildman–Crippen LogP) is 3.02. The molecule has 0 saturated carbocycles. The van der Waals surface area contributed by atoms with Crippen molar-refractivity contribution in [1.82, 2.24) is 10.9 Å². The van der Waals surface area contributed by atoms with Gasteiger partial charge in [-0.3, -0.25) is 25.2 Å². The van der Waals surface area contributed by atoms with Crippen LogP contribution >= 0.6 is 11.3 Å². The van der Waals surface area contributed by atoms with Gasteiger partial charge in [0.2, 0.25) is 0 Å². The van der Waals surface area contributed by atoms with Crippen LogP contribution in [0, 0.1) is 0 Å². The molecule has 0 fully saturated rings. The van der Waals surface area contributed by atoms with Gasteiger partial charge in [0.1, 0.15) is 5.75 Å². The largest absolute Gasteiger partial charge is 0.494 e. The van der Waals surface area contributed by atoms with Crippen molar-refractivity contribution in [3.8, 4) is 5.75 Å². The molecule has 0 aliphatic rings. The normalized spacial score (nSPS) is 10.8. The molecule has 0 atom stereocenters. The van der Waals surface area contributed by atoms with Crippen LogP contribution in [-0.2, 0) is 10.0 Å². The van der Waals surface area contributed by atoms with E-state index in [-0.39, 0.29) is 10.5 Å². The van der Waals surface area contributed by atoms with Gasteiger partial charge >= 0.3 is 0 Å². The van der Waals surface area contributed by atoms with Gasteiger partial charge in [-0.15, -0.1) is 11.3 Å². The number of carbonyl (C=O) groups excluding carboxylic acids is 2. The van der Waals surface area contributed by atoms with Crippen LogP contribution in [0.2, 0.25) is 0 Å². The van der Waals surface area contributed by atoms with Crippen molar-refractivity contribution < 1.29 is 22.7 Å². The van der Waals surface area contributed by atoms with Gasteiger partial charge in [0, 0.05) is 11.3 Å². The van der Waals surface area contributed by atoms with Crippen LogP contribution in [0.5, 0.6) is 5.75 Å². The molecule has 10 heteroatoms. The first-order valence-corrected chi connectivity index (χ1v) is 11.3. The SMILES string of the molecule is CCOc1ccc(NS(=O)(=O)c2cccc(C(=O)NNC(=O)c3cccs3)c2)cc1. The van der Waals surface area contributed by atoms with Gasteiger partial charge in [-0.25, -0.2) is 8.42 Å². The average Bonchev–Trinajstić information content (AvgIpc) is 3.28. The third-order valence-electron chi connectivity index (χ3n) is 3.86. The van der Waals surface area contributed by atoms with Gasteiger partial charge in [0.05, 0.1) is 16.4 Å². The first kappa shape index (κ1) is 21.3. The fourth-order valence-corrected chi connectivity index (χ4v) is 4.18. The maximum absolute atomic E-state index is 12.7. The Hall–Kier alpha value is -3.37. The van der Waals surface area contributed by atoms with Crippen LogP contribution in [0.1, 0.15) is 27.0 Å². The van der Waals surface area contributed by atoms with Crippen molar-refractivity contribution in [2.75, 3.05) is 11.3 Å². The minimum Gasteiger partial charge on any atom is -0.494 e. The number of thiophene rings is 1. The molecule has 0 unspecified atom stereocenters. The lowest BCUT2D eigenvalue weighted by atomic mass is 10.2. The van der Waals surface area contributed by atoms with Crippen LogP contribution in [0.3, 0.4) is 0 Å². The lowest BCUT2D eigenvalue weighted by Crippen LogP contribution is -2.41. The summed E-state index contributed by atoms with van der Waals surface area (Å²) in [4.78, 5) is 24.6. The fraction of sp³-hybridized carbons (Fsp3) is 0.100. The van der Waals surface area contributed by atoms with Crippen molar-refractivity contribution in [3.05, 3.63) is 76.5 Å². The zero-order valence-corrected chi connectivity index (χ0v) is 17.5. The number of nitrogens with one attached hydrogen (secondary N) is 3. The molecule has 8 nitrogen and oxygen atoms in total. The molecular weight excluding hydrogens is 426 g/mol. The van der Waals surface area contributed by atoms with E-state index in [0.717, 1.165) is 0 Å². The first-order chi connectivity index (χ1) is 14.4. The highest BCUT2D eigenvalue weighted by Crippen LogP contribution is 2.20. The molecule has 0 radical (unpaired) electrons. The zero-order valence-electron chi connectivity index (χ0n) is 15.9. The minimum atomic E-state index is -3.92. The van der Waals surface area contributed by atoms with E-state index in [1.807, 2.05) is 6.92 Å². The van der Waals surface area contributed by atoms with Crippen molar-refractivity contribution in [1.29, 1.82) is 0 Å². The Kier molecular flexibility index (Phi) is 6.70. The quantitative estimate of drug-likeness (QED) is 0.484. The molecule has 2 amide bonds. The van der Waals surface area contributed by atoms with E-state index >= 15 is 0 Å². The summed E-state index contributed by atoms with van der Waals surface area (Å²) < 4.78 is 33.1. The maximum atomic E-state index is 12.7. The number of ether oxygens (including phenoxy) is 1. The van der Waals surface area contributed by atoms with Crippen LogP contribution in [0.15, 0.2) is 70.9 Å². The predicted molar refractivity (Wildman–Crippen MR) is 114 cm³/mol. The van der Waals surface area contributed by atoms with E-state index in [0.29, 0.717) is 22.9 Å². The third kappa shape index (κ3) is 5.37. The van der Waals surface area contributed by atoms with Gasteiger partial charge in [-0.2, -0.15) is 0 Å². The fourth-order valence-electron chi connectivity index (χ4n) is 2.46. The molecule has 0 spiro atoms. The van der Waals surface area contributed by atoms with Crippen molar-refractivity contribution in [3.63, 3.8) is 0 Å². The van der Waals surface area contributed by atoms with Crippen LogP contribution in [-0.4, -0.2) is 26.8 Å². The standard InChI is InChI=1S/C20H19N3O5S2/c1-2-28-16-10-8-15(9-11-16)23-30(26,27)17-6-3-5-14(13-17)19(24)21-22-20(25)18-7-4-12-29-18/h3-13,23H,2H2,1H3,(H,21,24)(H,22,25).